The van der Waals surface area contributed by atoms with Crippen molar-refractivity contribution in [3.63, 3.8) is 0 Å². The van der Waals surface area contributed by atoms with Crippen LogP contribution in [0.4, 0.5) is 0 Å². The second-order valence-electron chi connectivity index (χ2n) is 5.34. The first-order chi connectivity index (χ1) is 12.2. The van der Waals surface area contributed by atoms with Crippen LogP contribution in [0, 0.1) is 0 Å². The summed E-state index contributed by atoms with van der Waals surface area (Å²) in [5.41, 5.74) is 11.6. The Morgan fingerprint density at radius 3 is 2.56 bits per heavy atom. The summed E-state index contributed by atoms with van der Waals surface area (Å²) >= 11 is 5.93. The second kappa shape index (κ2) is 8.17. The van der Waals surface area contributed by atoms with Gasteiger partial charge >= 0.3 is 0 Å². The molecular formula is C19H18ClN5. The molecule has 0 aliphatic carbocycles. The number of aromatic nitrogens is 1. The average molecular weight is 352 g/mol. The third-order valence-electron chi connectivity index (χ3n) is 3.54. The molecule has 0 saturated heterocycles. The Bertz CT molecular complexity index is 866. The molecular weight excluding hydrogens is 334 g/mol. The Kier molecular flexibility index (Phi) is 5.49. The zero-order valence-corrected chi connectivity index (χ0v) is 14.3. The van der Waals surface area contributed by atoms with Gasteiger partial charge in [-0.15, -0.1) is 0 Å². The maximum absolute atomic E-state index is 5.93. The maximum atomic E-state index is 5.93. The van der Waals surface area contributed by atoms with Gasteiger partial charge in [0.1, 0.15) is 0 Å². The molecule has 0 bridgehead atoms. The monoisotopic (exact) mass is 351 g/mol. The first kappa shape index (κ1) is 16.8. The normalized spacial score (nSPS) is 11.8. The number of benzene rings is 2. The molecule has 2 aromatic carbocycles. The van der Waals surface area contributed by atoms with Crippen molar-refractivity contribution in [3.8, 4) is 5.69 Å². The van der Waals surface area contributed by atoms with E-state index in [0.717, 1.165) is 16.9 Å². The standard InChI is InChI=1S/C19H18ClN5/c20-16-8-10-17(11-9-16)25-12-4-7-18(25)14-23-24-19(21)22-13-15-5-2-1-3-6-15/h1-12,14H,13H2,(H3,21,22,24). The molecule has 0 aliphatic heterocycles. The highest BCUT2D eigenvalue weighted by Gasteiger charge is 2.01. The van der Waals surface area contributed by atoms with Crippen LogP contribution in [0.2, 0.25) is 5.02 Å². The lowest BCUT2D eigenvalue weighted by Crippen LogP contribution is -2.27. The van der Waals surface area contributed by atoms with Gasteiger partial charge in [0.2, 0.25) is 5.96 Å². The van der Waals surface area contributed by atoms with E-state index in [-0.39, 0.29) is 5.96 Å². The predicted octanol–water partition coefficient (Wildman–Crippen LogP) is 3.57. The summed E-state index contributed by atoms with van der Waals surface area (Å²) in [7, 11) is 0. The van der Waals surface area contributed by atoms with Crippen LogP contribution >= 0.6 is 11.6 Å². The summed E-state index contributed by atoms with van der Waals surface area (Å²) in [5, 5.41) is 4.86. The first-order valence-corrected chi connectivity index (χ1v) is 8.16. The molecule has 25 heavy (non-hydrogen) atoms. The van der Waals surface area contributed by atoms with Gasteiger partial charge in [-0.3, -0.25) is 0 Å². The number of aliphatic imine (C=N–C) groups is 1. The van der Waals surface area contributed by atoms with Gasteiger partial charge in [-0.1, -0.05) is 41.9 Å². The number of guanidine groups is 1. The number of hydrazone groups is 1. The molecule has 0 atom stereocenters. The van der Waals surface area contributed by atoms with Gasteiger partial charge in [0.05, 0.1) is 18.5 Å². The Morgan fingerprint density at radius 2 is 1.80 bits per heavy atom. The quantitative estimate of drug-likeness (QED) is 0.419. The van der Waals surface area contributed by atoms with Gasteiger partial charge in [0.25, 0.3) is 0 Å². The van der Waals surface area contributed by atoms with E-state index in [4.69, 9.17) is 17.3 Å². The van der Waals surface area contributed by atoms with Crippen LogP contribution in [0.25, 0.3) is 5.69 Å². The van der Waals surface area contributed by atoms with E-state index in [1.54, 1.807) is 6.21 Å². The summed E-state index contributed by atoms with van der Waals surface area (Å²) in [6, 6.07) is 21.4. The summed E-state index contributed by atoms with van der Waals surface area (Å²) in [4.78, 5) is 4.25. The molecule has 0 fully saturated rings. The second-order valence-corrected chi connectivity index (χ2v) is 5.77. The van der Waals surface area contributed by atoms with Crippen molar-refractivity contribution in [2.45, 2.75) is 6.54 Å². The van der Waals surface area contributed by atoms with Crippen LogP contribution < -0.4 is 11.2 Å². The van der Waals surface area contributed by atoms with E-state index in [1.165, 1.54) is 0 Å². The molecule has 0 amide bonds. The Hall–Kier alpha value is -3.05. The number of nitrogens with one attached hydrogen (secondary N) is 1. The minimum Gasteiger partial charge on any atom is -0.369 e. The van der Waals surface area contributed by atoms with E-state index in [2.05, 4.69) is 15.5 Å². The Labute approximate surface area is 151 Å². The van der Waals surface area contributed by atoms with Crippen LogP contribution in [0.15, 0.2) is 83.0 Å². The van der Waals surface area contributed by atoms with Gasteiger partial charge in [0.15, 0.2) is 0 Å². The van der Waals surface area contributed by atoms with Crippen molar-refractivity contribution in [3.05, 3.63) is 89.2 Å². The van der Waals surface area contributed by atoms with Crippen molar-refractivity contribution in [1.82, 2.24) is 9.99 Å². The van der Waals surface area contributed by atoms with E-state index >= 15 is 0 Å². The Balaban J connectivity index is 1.63. The Morgan fingerprint density at radius 1 is 1.04 bits per heavy atom. The van der Waals surface area contributed by atoms with Crippen LogP contribution in [-0.2, 0) is 6.54 Å². The molecule has 0 spiro atoms. The highest BCUT2D eigenvalue weighted by molar-refractivity contribution is 6.30. The number of nitrogens with zero attached hydrogens (tertiary/aromatic N) is 3. The lowest BCUT2D eigenvalue weighted by Gasteiger charge is -2.06. The maximum Gasteiger partial charge on any atom is 0.209 e. The van der Waals surface area contributed by atoms with Crippen LogP contribution in [0.3, 0.4) is 0 Å². The number of rotatable bonds is 5. The fraction of sp³-hybridized carbons (Fsp3) is 0.0526. The molecule has 3 N–H and O–H groups in total. The number of nitrogens with two attached hydrogens (primary N) is 1. The van der Waals surface area contributed by atoms with E-state index in [1.807, 2.05) is 77.5 Å². The number of hydrogen-bond donors (Lipinski definition) is 2. The fourth-order valence-corrected chi connectivity index (χ4v) is 2.42. The van der Waals surface area contributed by atoms with Crippen molar-refractivity contribution >= 4 is 23.8 Å². The average Bonchev–Trinajstić information content (AvgIpc) is 3.10. The van der Waals surface area contributed by atoms with E-state index in [0.29, 0.717) is 11.6 Å². The summed E-state index contributed by atoms with van der Waals surface area (Å²) in [5.74, 6) is 0.268. The zero-order chi connectivity index (χ0) is 17.5. The smallest absolute Gasteiger partial charge is 0.209 e. The van der Waals surface area contributed by atoms with Crippen molar-refractivity contribution in [2.24, 2.45) is 15.8 Å². The lowest BCUT2D eigenvalue weighted by molar-refractivity contribution is 0.959. The number of hydrogen-bond acceptors (Lipinski definition) is 2. The van der Waals surface area contributed by atoms with Crippen molar-refractivity contribution in [2.75, 3.05) is 0 Å². The molecule has 3 rings (SSSR count). The minimum atomic E-state index is 0.268. The van der Waals surface area contributed by atoms with Crippen LogP contribution in [0.1, 0.15) is 11.3 Å². The van der Waals surface area contributed by atoms with Crippen LogP contribution in [-0.4, -0.2) is 16.7 Å². The minimum absolute atomic E-state index is 0.268. The molecule has 1 aromatic heterocycles. The van der Waals surface area contributed by atoms with Crippen molar-refractivity contribution < 1.29 is 0 Å². The van der Waals surface area contributed by atoms with Gasteiger partial charge in [0, 0.05) is 16.9 Å². The molecule has 1 heterocycles. The molecule has 126 valence electrons. The molecule has 0 radical (unpaired) electrons. The third-order valence-corrected chi connectivity index (χ3v) is 3.79. The predicted molar refractivity (Wildman–Crippen MR) is 103 cm³/mol. The molecule has 0 unspecified atom stereocenters. The molecule has 6 heteroatoms. The highest BCUT2D eigenvalue weighted by Crippen LogP contribution is 2.15. The largest absolute Gasteiger partial charge is 0.369 e. The zero-order valence-electron chi connectivity index (χ0n) is 13.5. The molecule has 0 saturated carbocycles. The van der Waals surface area contributed by atoms with Gasteiger partial charge in [-0.2, -0.15) is 5.10 Å². The molecule has 0 aliphatic rings. The first-order valence-electron chi connectivity index (χ1n) is 7.78. The number of halogens is 1. The highest BCUT2D eigenvalue weighted by atomic mass is 35.5. The fourth-order valence-electron chi connectivity index (χ4n) is 2.30. The SMILES string of the molecule is NC(=NCc1ccccc1)NN=Cc1cccn1-c1ccc(Cl)cc1. The lowest BCUT2D eigenvalue weighted by atomic mass is 10.2. The van der Waals surface area contributed by atoms with E-state index in [9.17, 15) is 0 Å². The molecule has 3 aromatic rings. The van der Waals surface area contributed by atoms with Crippen molar-refractivity contribution in [1.29, 1.82) is 0 Å². The summed E-state index contributed by atoms with van der Waals surface area (Å²) in [6.07, 6.45) is 3.65. The van der Waals surface area contributed by atoms with Gasteiger partial charge < -0.3 is 10.3 Å². The summed E-state index contributed by atoms with van der Waals surface area (Å²) in [6.45, 7) is 0.510. The summed E-state index contributed by atoms with van der Waals surface area (Å²) < 4.78 is 2.00. The van der Waals surface area contributed by atoms with Gasteiger partial charge in [-0.05, 0) is 42.0 Å². The molecule has 5 nitrogen and oxygen atoms in total. The van der Waals surface area contributed by atoms with Gasteiger partial charge in [-0.25, -0.2) is 10.4 Å². The third kappa shape index (κ3) is 4.71. The van der Waals surface area contributed by atoms with E-state index < -0.39 is 0 Å². The van der Waals surface area contributed by atoms with Crippen LogP contribution in [0.5, 0.6) is 0 Å². The topological polar surface area (TPSA) is 67.7 Å².